The lowest BCUT2D eigenvalue weighted by Crippen LogP contribution is -2.22. The number of allylic oxidation sites excluding steroid dienone is 6. The van der Waals surface area contributed by atoms with Crippen LogP contribution in [0.5, 0.6) is 0 Å². The van der Waals surface area contributed by atoms with Crippen LogP contribution in [0, 0.1) is 0 Å². The van der Waals surface area contributed by atoms with Gasteiger partial charge in [0, 0.05) is 32.5 Å². The van der Waals surface area contributed by atoms with Gasteiger partial charge in [-0.15, -0.1) is 0 Å². The predicted octanol–water partition coefficient (Wildman–Crippen LogP) is 11.5. The molecule has 44 heavy (non-hydrogen) atoms. The van der Waals surface area contributed by atoms with E-state index in [1.807, 2.05) is 35.6 Å². The summed E-state index contributed by atoms with van der Waals surface area (Å²) in [4.78, 5) is 16.1. The lowest BCUT2D eigenvalue weighted by molar-refractivity contribution is -0.113. The molecule has 3 rings (SSSR count). The molecule has 1 aliphatic heterocycles. The zero-order valence-electron chi connectivity index (χ0n) is 28.0. The molecular weight excluding hydrogens is 627 g/mol. The highest BCUT2D eigenvalue weighted by molar-refractivity contribution is 8.05. The summed E-state index contributed by atoms with van der Waals surface area (Å²) in [7, 11) is -4.36. The molecule has 2 heterocycles. The topological polar surface area (TPSA) is 35.5 Å². The molecule has 0 saturated carbocycles. The van der Waals surface area contributed by atoms with Gasteiger partial charge in [0.25, 0.3) is 0 Å². The zero-order chi connectivity index (χ0) is 34.1. The first-order chi connectivity index (χ1) is 19.7. The molecule has 1 aromatic heterocycles. The largest absolute Gasteiger partial charge is 0.673 e. The third kappa shape index (κ3) is 12.4. The van der Waals surface area contributed by atoms with Gasteiger partial charge >= 0.3 is 7.25 Å². The van der Waals surface area contributed by atoms with E-state index in [0.717, 1.165) is 21.3 Å². The number of methoxy groups -OCH3 is 1. The summed E-state index contributed by atoms with van der Waals surface area (Å²) >= 11 is 5.21. The van der Waals surface area contributed by atoms with Gasteiger partial charge < -0.3 is 26.7 Å². The molecule has 0 bridgehead atoms. The van der Waals surface area contributed by atoms with Crippen molar-refractivity contribution in [2.24, 2.45) is 0 Å². The van der Waals surface area contributed by atoms with Gasteiger partial charge in [-0.2, -0.15) is 0 Å². The minimum atomic E-state index is -6.00. The van der Waals surface area contributed by atoms with Crippen molar-refractivity contribution in [2.75, 3.05) is 7.11 Å². The average molecular weight is 673 g/mol. The van der Waals surface area contributed by atoms with E-state index in [-0.39, 0.29) is 26.1 Å². The molecule has 0 saturated heterocycles. The van der Waals surface area contributed by atoms with Crippen LogP contribution in [0.15, 0.2) is 63.0 Å². The highest BCUT2D eigenvalue weighted by Crippen LogP contribution is 2.43. The predicted molar refractivity (Wildman–Crippen MR) is 183 cm³/mol. The molecule has 0 unspecified atom stereocenters. The van der Waals surface area contributed by atoms with Gasteiger partial charge in [0.05, 0.1) is 18.3 Å². The number of halogens is 4. The third-order valence-electron chi connectivity index (χ3n) is 5.68. The summed E-state index contributed by atoms with van der Waals surface area (Å²) < 4.78 is 51.0. The van der Waals surface area contributed by atoms with E-state index in [4.69, 9.17) is 9.47 Å². The fraction of sp³-hybridized carbons (Fsp3) is 0.515. The molecule has 3 nitrogen and oxygen atoms in total. The zero-order valence-corrected chi connectivity index (χ0v) is 30.5. The van der Waals surface area contributed by atoms with E-state index in [2.05, 4.69) is 95.2 Å². The maximum Gasteiger partial charge on any atom is 0.673 e. The summed E-state index contributed by atoms with van der Waals surface area (Å²) in [6.07, 6.45) is 7.95. The standard InChI is InChI=1S/C33H45O3S3.BF4/c1-30(2,3)24-16-20(17-25(37-24)31(4,5)6)14-22-28(34)23(29(22)35-13)15-21-18-26(38-32(7,8)9)36-27(19-21)39-33(10,11)12;2-1(3,4)5/h14-19H,1-13H3;/q+1;-1/b22-14+;. The second-order valence-electron chi connectivity index (χ2n) is 14.6. The van der Waals surface area contributed by atoms with Crippen molar-refractivity contribution in [3.8, 4) is 0 Å². The Kier molecular flexibility index (Phi) is 12.0. The Hall–Kier alpha value is -1.98. The van der Waals surface area contributed by atoms with E-state index in [9.17, 15) is 22.1 Å². The van der Waals surface area contributed by atoms with E-state index >= 15 is 0 Å². The summed E-state index contributed by atoms with van der Waals surface area (Å²) in [5.74, 6) is 0.641. The Labute approximate surface area is 273 Å². The van der Waals surface area contributed by atoms with Crippen LogP contribution in [0.2, 0.25) is 0 Å². The lowest BCUT2D eigenvalue weighted by atomic mass is 9.84. The molecule has 0 spiro atoms. The number of carbonyl (C=O) groups excluding carboxylic acids is 1. The van der Waals surface area contributed by atoms with E-state index < -0.39 is 7.25 Å². The summed E-state index contributed by atoms with van der Waals surface area (Å²) in [6, 6.07) is 4.42. The number of rotatable bonds is 5. The van der Waals surface area contributed by atoms with Crippen molar-refractivity contribution in [2.45, 2.75) is 103 Å². The Morgan fingerprint density at radius 1 is 0.773 bits per heavy atom. The molecule has 1 aromatic rings. The minimum Gasteiger partial charge on any atom is -0.495 e. The monoisotopic (exact) mass is 672 g/mol. The smallest absolute Gasteiger partial charge is 0.495 e. The lowest BCUT2D eigenvalue weighted by Gasteiger charge is -2.27. The summed E-state index contributed by atoms with van der Waals surface area (Å²) in [5.41, 5.74) is 3.22. The molecule has 0 N–H and O–H groups in total. The SMILES string of the molecule is COC1=C(C=C2C=C(SC(C)(C)C)OC(SC(C)(C)C)=C2)C(=O)/C1=C\c1cc(C(C)(C)C)[s+]c(C(C)(C)C)c1.F[B-](F)(F)F. The van der Waals surface area contributed by atoms with Crippen molar-refractivity contribution in [1.29, 1.82) is 0 Å². The van der Waals surface area contributed by atoms with Crippen LogP contribution in [-0.2, 0) is 25.1 Å². The first-order valence-electron chi connectivity index (χ1n) is 14.3. The van der Waals surface area contributed by atoms with Crippen molar-refractivity contribution in [1.82, 2.24) is 0 Å². The fourth-order valence-electron chi connectivity index (χ4n) is 3.85. The second kappa shape index (κ2) is 13.8. The van der Waals surface area contributed by atoms with Crippen LogP contribution in [-0.4, -0.2) is 29.6 Å². The number of ketones is 1. The molecule has 11 heteroatoms. The van der Waals surface area contributed by atoms with E-state index in [1.165, 1.54) is 9.75 Å². The quantitative estimate of drug-likeness (QED) is 0.135. The first-order valence-corrected chi connectivity index (χ1v) is 16.7. The molecule has 0 amide bonds. The van der Waals surface area contributed by atoms with Crippen LogP contribution < -0.4 is 0 Å². The molecule has 2 aliphatic rings. The Balaban J connectivity index is 0.00000125. The summed E-state index contributed by atoms with van der Waals surface area (Å²) in [5, 5.41) is 1.67. The number of hydrogen-bond acceptors (Lipinski definition) is 5. The van der Waals surface area contributed by atoms with Crippen molar-refractivity contribution in [3.63, 3.8) is 0 Å². The molecule has 0 atom stereocenters. The van der Waals surface area contributed by atoms with Crippen LogP contribution in [0.3, 0.4) is 0 Å². The molecule has 0 radical (unpaired) electrons. The van der Waals surface area contributed by atoms with Gasteiger partial charge in [0.15, 0.2) is 10.2 Å². The fourth-order valence-corrected chi connectivity index (χ4v) is 7.01. The number of carbonyl (C=O) groups is 1. The normalized spacial score (nSPS) is 17.3. The maximum absolute atomic E-state index is 13.5. The number of Topliss-reactive ketones (excluding diaryl/α,β-unsaturated/α-hetero) is 1. The first kappa shape index (κ1) is 38.2. The Morgan fingerprint density at radius 3 is 1.52 bits per heavy atom. The highest BCUT2D eigenvalue weighted by atomic mass is 32.2. The van der Waals surface area contributed by atoms with Crippen molar-refractivity contribution < 1.29 is 31.5 Å². The van der Waals surface area contributed by atoms with Gasteiger partial charge in [0.2, 0.25) is 26.9 Å². The van der Waals surface area contributed by atoms with Gasteiger partial charge in [-0.25, -0.2) is 0 Å². The Morgan fingerprint density at radius 2 is 1.18 bits per heavy atom. The van der Waals surface area contributed by atoms with Crippen molar-refractivity contribution in [3.05, 3.63) is 78.3 Å². The molecule has 244 valence electrons. The van der Waals surface area contributed by atoms with E-state index in [0.29, 0.717) is 16.9 Å². The number of thioether (sulfide) groups is 2. The Bertz CT molecular complexity index is 1340. The molecular formula is C33H45BF4O3S3. The third-order valence-corrected chi connectivity index (χ3v) is 9.61. The van der Waals surface area contributed by atoms with Gasteiger partial charge in [-0.05, 0) is 35.4 Å². The second-order valence-corrected chi connectivity index (χ2v) is 19.3. The summed E-state index contributed by atoms with van der Waals surface area (Å²) in [6.45, 7) is 26.4. The van der Waals surface area contributed by atoms with Gasteiger partial charge in [0.1, 0.15) is 5.76 Å². The molecule has 0 aromatic carbocycles. The van der Waals surface area contributed by atoms with Crippen LogP contribution in [0.25, 0.3) is 6.08 Å². The van der Waals surface area contributed by atoms with Gasteiger partial charge in [-0.1, -0.05) is 107 Å². The number of hydrogen-bond donors (Lipinski definition) is 0. The minimum absolute atomic E-state index is 0.000691. The number of ether oxygens (including phenoxy) is 2. The van der Waals surface area contributed by atoms with Crippen LogP contribution in [0.1, 0.15) is 98.4 Å². The van der Waals surface area contributed by atoms with Gasteiger partial charge in [-0.3, -0.25) is 4.79 Å². The highest BCUT2D eigenvalue weighted by Gasteiger charge is 2.36. The van der Waals surface area contributed by atoms with Crippen molar-refractivity contribution >= 4 is 54.0 Å². The molecule has 0 fully saturated rings. The van der Waals surface area contributed by atoms with Crippen LogP contribution >= 0.6 is 34.9 Å². The van der Waals surface area contributed by atoms with E-state index in [1.54, 1.807) is 30.6 Å². The van der Waals surface area contributed by atoms with Crippen LogP contribution in [0.4, 0.5) is 17.3 Å². The average Bonchev–Trinajstić information content (AvgIpc) is 2.78. The molecule has 1 aliphatic carbocycles. The maximum atomic E-state index is 13.5.